The fourth-order valence-corrected chi connectivity index (χ4v) is 1.83. The Morgan fingerprint density at radius 2 is 2.00 bits per heavy atom. The minimum atomic E-state index is -0.760. The molecule has 0 aliphatic carbocycles. The third kappa shape index (κ3) is 7.70. The van der Waals surface area contributed by atoms with Crippen molar-refractivity contribution < 1.29 is 14.3 Å². The minimum Gasteiger partial charge on any atom is -0.445 e. The third-order valence-corrected chi connectivity index (χ3v) is 2.98. The molecule has 1 radical (unpaired) electrons. The first-order valence-corrected chi connectivity index (χ1v) is 7.15. The van der Waals surface area contributed by atoms with Gasteiger partial charge in [-0.15, -0.1) is 0 Å². The molecule has 1 aromatic rings. The smallest absolute Gasteiger partial charge is 0.408 e. The van der Waals surface area contributed by atoms with Gasteiger partial charge in [-0.25, -0.2) is 4.79 Å². The maximum atomic E-state index is 11.8. The molecule has 23 heavy (non-hydrogen) atoms. The molecule has 0 saturated carbocycles. The van der Waals surface area contributed by atoms with Crippen LogP contribution in [0.3, 0.4) is 0 Å². The van der Waals surface area contributed by atoms with Gasteiger partial charge in [0, 0.05) is 13.6 Å². The number of benzene rings is 1. The molecule has 1 rings (SSSR count). The number of rotatable bonds is 8. The van der Waals surface area contributed by atoms with Crippen molar-refractivity contribution in [1.82, 2.24) is 16.0 Å². The average Bonchev–Trinajstić information content (AvgIpc) is 2.55. The summed E-state index contributed by atoms with van der Waals surface area (Å²) in [7, 11) is 3.30. The van der Waals surface area contributed by atoms with E-state index in [0.29, 0.717) is 19.4 Å². The maximum Gasteiger partial charge on any atom is 0.408 e. The molecule has 125 valence electrons. The first-order valence-electron chi connectivity index (χ1n) is 7.15. The number of nitrogens with two attached hydrogens (primary N) is 1. The van der Waals surface area contributed by atoms with Crippen LogP contribution in [0.4, 0.5) is 4.79 Å². The summed E-state index contributed by atoms with van der Waals surface area (Å²) in [6.07, 6.45) is 0.223. The Balaban J connectivity index is 2.40. The molecule has 0 aliphatic heterocycles. The van der Waals surface area contributed by atoms with E-state index >= 15 is 0 Å². The highest BCUT2D eigenvalue weighted by atomic mass is 16.5. The van der Waals surface area contributed by atoms with Crippen molar-refractivity contribution in [2.45, 2.75) is 25.5 Å². The monoisotopic (exact) mass is 320 g/mol. The van der Waals surface area contributed by atoms with Crippen LogP contribution in [0.2, 0.25) is 0 Å². The normalized spacial score (nSPS) is 11.2. The molecule has 1 aromatic carbocycles. The molecule has 0 aromatic heterocycles. The highest BCUT2D eigenvalue weighted by Gasteiger charge is 2.20. The Labute approximate surface area is 135 Å². The molecular formula is C15H22N5O3. The van der Waals surface area contributed by atoms with Crippen LogP contribution in [0.15, 0.2) is 30.3 Å². The quantitative estimate of drug-likeness (QED) is 0.270. The van der Waals surface area contributed by atoms with Crippen LogP contribution in [0.5, 0.6) is 0 Å². The lowest BCUT2D eigenvalue weighted by Gasteiger charge is -2.17. The average molecular weight is 320 g/mol. The number of amides is 2. The Kier molecular flexibility index (Phi) is 7.98. The molecule has 0 aliphatic rings. The minimum absolute atomic E-state index is 0.122. The Morgan fingerprint density at radius 1 is 1.30 bits per heavy atom. The van der Waals surface area contributed by atoms with E-state index in [2.05, 4.69) is 23.0 Å². The second kappa shape index (κ2) is 10.0. The zero-order chi connectivity index (χ0) is 17.1. The summed E-state index contributed by atoms with van der Waals surface area (Å²) in [6, 6.07) is 8.47. The molecular weight excluding hydrogens is 298 g/mol. The number of ether oxygens (including phenoxy) is 1. The van der Waals surface area contributed by atoms with Gasteiger partial charge in [0.15, 0.2) is 5.96 Å². The van der Waals surface area contributed by atoms with E-state index in [0.717, 1.165) is 5.56 Å². The van der Waals surface area contributed by atoms with Gasteiger partial charge in [0.2, 0.25) is 5.91 Å². The van der Waals surface area contributed by atoms with Gasteiger partial charge in [0.25, 0.3) is 0 Å². The number of carbonyl (C=O) groups is 2. The summed E-state index contributed by atoms with van der Waals surface area (Å²) < 4.78 is 5.08. The van der Waals surface area contributed by atoms with Gasteiger partial charge in [-0.2, -0.15) is 0 Å². The number of hydrogen-bond acceptors (Lipinski definition) is 4. The van der Waals surface area contributed by atoms with Crippen LogP contribution in [-0.4, -0.2) is 30.5 Å². The second-order valence-corrected chi connectivity index (χ2v) is 4.78. The van der Waals surface area contributed by atoms with E-state index < -0.39 is 18.0 Å². The van der Waals surface area contributed by atoms with Crippen molar-refractivity contribution in [3.63, 3.8) is 0 Å². The molecule has 0 fully saturated rings. The summed E-state index contributed by atoms with van der Waals surface area (Å²) >= 11 is 0. The van der Waals surface area contributed by atoms with Crippen molar-refractivity contribution in [2.75, 3.05) is 6.54 Å². The van der Waals surface area contributed by atoms with Gasteiger partial charge in [-0.1, -0.05) is 30.3 Å². The molecule has 1 atom stereocenters. The maximum absolute atomic E-state index is 11.8. The van der Waals surface area contributed by atoms with E-state index in [4.69, 9.17) is 15.9 Å². The van der Waals surface area contributed by atoms with E-state index in [9.17, 15) is 9.59 Å². The van der Waals surface area contributed by atoms with E-state index in [-0.39, 0.29) is 12.6 Å². The fourth-order valence-electron chi connectivity index (χ4n) is 1.83. The van der Waals surface area contributed by atoms with Crippen LogP contribution in [0.25, 0.3) is 0 Å². The number of hydrogen-bond donors (Lipinski definition) is 5. The Bertz CT molecular complexity index is 521. The molecule has 6 N–H and O–H groups in total. The summed E-state index contributed by atoms with van der Waals surface area (Å²) in [6.45, 7) is 0.550. The van der Waals surface area contributed by atoms with E-state index in [1.165, 1.54) is 0 Å². The number of alkyl carbamates (subject to hydrolysis) is 1. The fraction of sp³-hybridized carbons (Fsp3) is 0.333. The van der Waals surface area contributed by atoms with Crippen LogP contribution in [-0.2, 0) is 16.1 Å². The van der Waals surface area contributed by atoms with Gasteiger partial charge in [0.05, 0.1) is 0 Å². The Morgan fingerprint density at radius 3 is 2.61 bits per heavy atom. The van der Waals surface area contributed by atoms with Crippen LogP contribution >= 0.6 is 0 Å². The second-order valence-electron chi connectivity index (χ2n) is 4.78. The van der Waals surface area contributed by atoms with Crippen molar-refractivity contribution >= 4 is 18.0 Å². The zero-order valence-corrected chi connectivity index (χ0v) is 12.8. The highest BCUT2D eigenvalue weighted by molar-refractivity contribution is 5.85. The molecule has 8 heteroatoms. The van der Waals surface area contributed by atoms with Crippen molar-refractivity contribution in [1.29, 1.82) is 5.41 Å². The van der Waals surface area contributed by atoms with Crippen molar-refractivity contribution in [3.05, 3.63) is 42.9 Å². The lowest BCUT2D eigenvalue weighted by Crippen LogP contribution is -2.45. The third-order valence-electron chi connectivity index (χ3n) is 2.98. The van der Waals surface area contributed by atoms with E-state index in [1.54, 1.807) is 0 Å². The number of guanidine groups is 1. The van der Waals surface area contributed by atoms with Crippen LogP contribution < -0.4 is 21.7 Å². The molecule has 8 nitrogen and oxygen atoms in total. The van der Waals surface area contributed by atoms with Crippen LogP contribution in [0.1, 0.15) is 18.4 Å². The summed E-state index contributed by atoms with van der Waals surface area (Å²) in [4.78, 5) is 23.5. The number of nitrogens with one attached hydrogen (secondary N) is 4. The summed E-state index contributed by atoms with van der Waals surface area (Å²) in [5.41, 5.74) is 6.02. The number of carbonyl (C=O) groups excluding carboxylic acids is 2. The molecule has 2 amide bonds. The van der Waals surface area contributed by atoms with Gasteiger partial charge in [-0.05, 0) is 18.4 Å². The topological polar surface area (TPSA) is 129 Å². The van der Waals surface area contributed by atoms with Gasteiger partial charge >= 0.3 is 6.09 Å². The zero-order valence-electron chi connectivity index (χ0n) is 12.8. The first kappa shape index (κ1) is 18.3. The largest absolute Gasteiger partial charge is 0.445 e. The molecule has 0 heterocycles. The van der Waals surface area contributed by atoms with Gasteiger partial charge < -0.3 is 26.4 Å². The van der Waals surface area contributed by atoms with Crippen molar-refractivity contribution in [2.24, 2.45) is 5.73 Å². The predicted octanol–water partition coefficient (Wildman–Crippen LogP) is 0.452. The summed E-state index contributed by atoms with van der Waals surface area (Å²) in [5.74, 6) is -0.553. The van der Waals surface area contributed by atoms with Gasteiger partial charge in [-0.3, -0.25) is 10.2 Å². The SMILES string of the molecule is [CH2]NC(=O)C(CCCNC(=N)N)NC(=O)OCc1ccccc1. The van der Waals surface area contributed by atoms with E-state index in [1.807, 2.05) is 30.3 Å². The highest BCUT2D eigenvalue weighted by Crippen LogP contribution is 2.02. The first-order chi connectivity index (χ1) is 11.0. The van der Waals surface area contributed by atoms with Gasteiger partial charge in [0.1, 0.15) is 12.6 Å². The molecule has 0 saturated heterocycles. The lowest BCUT2D eigenvalue weighted by atomic mass is 10.1. The lowest BCUT2D eigenvalue weighted by molar-refractivity contribution is -0.122. The molecule has 0 spiro atoms. The molecule has 0 bridgehead atoms. The summed E-state index contributed by atoms with van der Waals surface area (Å²) in [5, 5.41) is 14.4. The predicted molar refractivity (Wildman–Crippen MR) is 86.2 cm³/mol. The van der Waals surface area contributed by atoms with Crippen LogP contribution in [0, 0.1) is 12.5 Å². The Hall–Kier alpha value is -2.77. The van der Waals surface area contributed by atoms with Crippen molar-refractivity contribution in [3.8, 4) is 0 Å². The standard InChI is InChI=1S/C15H22N5O3/c1-18-13(21)12(8-5-9-19-14(16)17)20-15(22)23-10-11-6-3-2-4-7-11/h2-4,6-7,12H,1,5,8-10H2,(H,18,21)(H,20,22)(H4,16,17,19). The molecule has 1 unspecified atom stereocenters.